The number of nitrogens with zero attached hydrogens (tertiary/aromatic N) is 1. The zero-order valence-corrected chi connectivity index (χ0v) is 16.1. The van der Waals surface area contributed by atoms with E-state index in [0.717, 1.165) is 16.7 Å². The van der Waals surface area contributed by atoms with E-state index in [4.69, 9.17) is 4.74 Å². The summed E-state index contributed by atoms with van der Waals surface area (Å²) in [5.41, 5.74) is 3.34. The van der Waals surface area contributed by atoms with Crippen LogP contribution in [0.4, 0.5) is 0 Å². The van der Waals surface area contributed by atoms with Crippen LogP contribution in [0.2, 0.25) is 0 Å². The number of cyclic esters (lactones) is 1. The molecule has 1 amide bonds. The molecule has 0 spiro atoms. The summed E-state index contributed by atoms with van der Waals surface area (Å²) in [6.45, 7) is 2.51. The van der Waals surface area contributed by atoms with Crippen LogP contribution in [-0.4, -0.2) is 56.6 Å². The summed E-state index contributed by atoms with van der Waals surface area (Å²) < 4.78 is 29.9. The third kappa shape index (κ3) is 4.64. The van der Waals surface area contributed by atoms with Crippen LogP contribution in [-0.2, 0) is 24.3 Å². The van der Waals surface area contributed by atoms with E-state index in [1.807, 2.05) is 30.3 Å². The Morgan fingerprint density at radius 1 is 1.26 bits per heavy atom. The first-order valence-corrected chi connectivity index (χ1v) is 10.5. The maximum absolute atomic E-state index is 12.1. The number of hydrogen-bond acceptors (Lipinski definition) is 5. The summed E-state index contributed by atoms with van der Waals surface area (Å²) in [5.74, 6) is -0.578. The van der Waals surface area contributed by atoms with Crippen molar-refractivity contribution in [3.8, 4) is 0 Å². The summed E-state index contributed by atoms with van der Waals surface area (Å²) in [6, 6.07) is 7.55. The Morgan fingerprint density at radius 2 is 1.93 bits per heavy atom. The van der Waals surface area contributed by atoms with Crippen molar-refractivity contribution >= 4 is 33.0 Å². The van der Waals surface area contributed by atoms with E-state index in [1.54, 1.807) is 6.08 Å². The van der Waals surface area contributed by atoms with Gasteiger partial charge in [0, 0.05) is 20.0 Å². The number of esters is 1. The lowest BCUT2D eigenvalue weighted by Gasteiger charge is -2.24. The van der Waals surface area contributed by atoms with Crippen LogP contribution in [0, 0.1) is 0 Å². The Hall–Kier alpha value is -2.45. The molecule has 3 rings (SSSR count). The third-order valence-electron chi connectivity index (χ3n) is 4.59. The zero-order chi connectivity index (χ0) is 19.6. The van der Waals surface area contributed by atoms with Gasteiger partial charge in [-0.25, -0.2) is 13.2 Å². The summed E-state index contributed by atoms with van der Waals surface area (Å²) >= 11 is 0. The van der Waals surface area contributed by atoms with Gasteiger partial charge in [0.05, 0.1) is 18.4 Å². The van der Waals surface area contributed by atoms with Gasteiger partial charge in [-0.1, -0.05) is 30.3 Å². The molecule has 8 heteroatoms. The molecule has 1 atom stereocenters. The number of carbonyl (C=O) groups is 2. The molecule has 0 saturated heterocycles. The summed E-state index contributed by atoms with van der Waals surface area (Å²) in [5, 5.41) is 2.63. The zero-order valence-electron chi connectivity index (χ0n) is 15.3. The molecule has 1 N–H and O–H groups in total. The smallest absolute Gasteiger partial charge is 0.339 e. The van der Waals surface area contributed by atoms with Crippen LogP contribution in [0.1, 0.15) is 24.5 Å². The molecule has 2 aliphatic heterocycles. The summed E-state index contributed by atoms with van der Waals surface area (Å²) in [4.78, 5) is 23.1. The number of benzene rings is 1. The van der Waals surface area contributed by atoms with Gasteiger partial charge in [0.2, 0.25) is 15.9 Å². The van der Waals surface area contributed by atoms with Gasteiger partial charge in [-0.3, -0.25) is 4.79 Å². The fourth-order valence-corrected chi connectivity index (χ4v) is 3.89. The van der Waals surface area contributed by atoms with E-state index < -0.39 is 22.1 Å². The standard InChI is InChI=1S/C19H22N2O5S/c1-13(22)20-12-17-11-18(19(23)26-17)16-5-3-14(4-6-16)15-7-9-21(10-8-15)27(2,24)25/h3-7,11,17H,8-10,12H2,1-2H3,(H,20,22)/t17-/m1/s1. The Morgan fingerprint density at radius 3 is 2.48 bits per heavy atom. The minimum Gasteiger partial charge on any atom is -0.453 e. The number of nitrogens with one attached hydrogen (secondary N) is 1. The van der Waals surface area contributed by atoms with Gasteiger partial charge >= 0.3 is 5.97 Å². The highest BCUT2D eigenvalue weighted by Crippen LogP contribution is 2.28. The van der Waals surface area contributed by atoms with E-state index in [0.29, 0.717) is 25.1 Å². The predicted octanol–water partition coefficient (Wildman–Crippen LogP) is 1.18. The molecular weight excluding hydrogens is 368 g/mol. The lowest BCUT2D eigenvalue weighted by atomic mass is 9.97. The van der Waals surface area contributed by atoms with E-state index in [9.17, 15) is 18.0 Å². The molecule has 1 aromatic rings. The van der Waals surface area contributed by atoms with Crippen molar-refractivity contribution in [2.45, 2.75) is 19.4 Å². The van der Waals surface area contributed by atoms with Gasteiger partial charge in [-0.05, 0) is 29.2 Å². The van der Waals surface area contributed by atoms with E-state index in [1.165, 1.54) is 17.5 Å². The first-order valence-electron chi connectivity index (χ1n) is 8.66. The van der Waals surface area contributed by atoms with Crippen molar-refractivity contribution < 1.29 is 22.7 Å². The SMILES string of the molecule is CC(=O)NC[C@H]1C=C(c2ccc(C3=CCN(S(C)(=O)=O)CC3)cc2)C(=O)O1. The minimum absolute atomic E-state index is 0.174. The average molecular weight is 390 g/mol. The summed E-state index contributed by atoms with van der Waals surface area (Å²) in [6.07, 6.45) is 5.05. The third-order valence-corrected chi connectivity index (χ3v) is 5.86. The topological polar surface area (TPSA) is 92.8 Å². The molecular formula is C19H22N2O5S. The first-order chi connectivity index (χ1) is 12.7. The number of hydrogen-bond donors (Lipinski definition) is 1. The van der Waals surface area contributed by atoms with Crippen LogP contribution < -0.4 is 5.32 Å². The molecule has 0 aromatic heterocycles. The highest BCUT2D eigenvalue weighted by atomic mass is 32.2. The maximum Gasteiger partial charge on any atom is 0.339 e. The van der Waals surface area contributed by atoms with Gasteiger partial charge in [-0.15, -0.1) is 0 Å². The number of sulfonamides is 1. The van der Waals surface area contributed by atoms with E-state index >= 15 is 0 Å². The molecule has 0 unspecified atom stereocenters. The molecule has 2 aliphatic rings. The lowest BCUT2D eigenvalue weighted by Crippen LogP contribution is -2.33. The molecule has 7 nitrogen and oxygen atoms in total. The molecule has 144 valence electrons. The van der Waals surface area contributed by atoms with Crippen LogP contribution in [0.3, 0.4) is 0 Å². The van der Waals surface area contributed by atoms with Gasteiger partial charge < -0.3 is 10.1 Å². The van der Waals surface area contributed by atoms with Gasteiger partial charge in [-0.2, -0.15) is 4.31 Å². The predicted molar refractivity (Wildman–Crippen MR) is 102 cm³/mol. The molecule has 0 radical (unpaired) electrons. The molecule has 0 aliphatic carbocycles. The molecule has 27 heavy (non-hydrogen) atoms. The monoisotopic (exact) mass is 390 g/mol. The Bertz CT molecular complexity index is 916. The number of amides is 1. The Labute approximate surface area is 158 Å². The van der Waals surface area contributed by atoms with Crippen molar-refractivity contribution in [1.82, 2.24) is 9.62 Å². The van der Waals surface area contributed by atoms with Crippen molar-refractivity contribution in [2.24, 2.45) is 0 Å². The van der Waals surface area contributed by atoms with Crippen LogP contribution in [0.15, 0.2) is 36.4 Å². The second-order valence-electron chi connectivity index (χ2n) is 6.64. The fraction of sp³-hybridized carbons (Fsp3) is 0.368. The van der Waals surface area contributed by atoms with Crippen LogP contribution >= 0.6 is 0 Å². The van der Waals surface area contributed by atoms with Crippen LogP contribution in [0.25, 0.3) is 11.1 Å². The number of ether oxygens (including phenoxy) is 1. The molecule has 0 saturated carbocycles. The highest BCUT2D eigenvalue weighted by Gasteiger charge is 2.27. The fourth-order valence-electron chi connectivity index (χ4n) is 3.13. The van der Waals surface area contributed by atoms with Crippen molar-refractivity contribution in [1.29, 1.82) is 0 Å². The van der Waals surface area contributed by atoms with Crippen molar-refractivity contribution in [2.75, 3.05) is 25.9 Å². The molecule has 0 bridgehead atoms. The van der Waals surface area contributed by atoms with Gasteiger partial charge in [0.15, 0.2) is 0 Å². The number of carbonyl (C=O) groups excluding carboxylic acids is 2. The molecule has 2 heterocycles. The minimum atomic E-state index is -3.17. The van der Waals surface area contributed by atoms with Gasteiger partial charge in [0.1, 0.15) is 6.10 Å². The van der Waals surface area contributed by atoms with Crippen molar-refractivity contribution in [3.63, 3.8) is 0 Å². The maximum atomic E-state index is 12.1. The van der Waals surface area contributed by atoms with Crippen LogP contribution in [0.5, 0.6) is 0 Å². The highest BCUT2D eigenvalue weighted by molar-refractivity contribution is 7.88. The number of rotatable bonds is 5. The Balaban J connectivity index is 1.71. The van der Waals surface area contributed by atoms with Gasteiger partial charge in [0.25, 0.3) is 0 Å². The average Bonchev–Trinajstić information content (AvgIpc) is 3.00. The Kier molecular flexibility index (Phi) is 5.48. The van der Waals surface area contributed by atoms with E-state index in [2.05, 4.69) is 5.32 Å². The second-order valence-corrected chi connectivity index (χ2v) is 8.62. The molecule has 1 aromatic carbocycles. The second kappa shape index (κ2) is 7.66. The first kappa shape index (κ1) is 19.3. The van der Waals surface area contributed by atoms with Crippen molar-refractivity contribution in [3.05, 3.63) is 47.5 Å². The molecule has 0 fully saturated rings. The summed E-state index contributed by atoms with van der Waals surface area (Å²) in [7, 11) is -3.17. The quantitative estimate of drug-likeness (QED) is 0.762. The lowest BCUT2D eigenvalue weighted by molar-refractivity contribution is -0.138. The normalized spacial score (nSPS) is 20.7. The van der Waals surface area contributed by atoms with E-state index in [-0.39, 0.29) is 12.5 Å². The largest absolute Gasteiger partial charge is 0.453 e.